The molecule has 0 aliphatic rings. The number of hydrogen-bond acceptors (Lipinski definition) is 15. The average Bonchev–Trinajstić information content (AvgIpc) is 2.52. The smallest absolute Gasteiger partial charge is 0.462 e. The molecule has 0 aromatic heterocycles. The molecular weight excluding hydrogens is 1270 g/mol. The molecule has 0 bridgehead atoms. The Kier molecular flexibility index (Phi) is 65.9. The molecule has 19 heteroatoms. The van der Waals surface area contributed by atoms with Gasteiger partial charge in [0.15, 0.2) is 12.2 Å². The van der Waals surface area contributed by atoms with Crippen molar-refractivity contribution in [3.05, 3.63) is 0 Å². The fourth-order valence-corrected chi connectivity index (χ4v) is 13.5. The van der Waals surface area contributed by atoms with Crippen LogP contribution in [0.3, 0.4) is 0 Å². The minimum absolute atomic E-state index is 0.101. The Bertz CT molecular complexity index is 1900. The van der Waals surface area contributed by atoms with Crippen molar-refractivity contribution in [3.8, 4) is 0 Å². The topological polar surface area (TPSA) is 237 Å². The van der Waals surface area contributed by atoms with Crippen LogP contribution in [0.15, 0.2) is 0 Å². The summed E-state index contributed by atoms with van der Waals surface area (Å²) in [6.45, 7) is 14.1. The number of phosphoric acid groups is 2. The van der Waals surface area contributed by atoms with E-state index in [1.54, 1.807) is 0 Å². The molecule has 0 aromatic rings. The summed E-state index contributed by atoms with van der Waals surface area (Å²) in [5.74, 6) is 0.893. The van der Waals surface area contributed by atoms with E-state index in [1.165, 1.54) is 193 Å². The van der Waals surface area contributed by atoms with Gasteiger partial charge in [0.2, 0.25) is 0 Å². The molecule has 3 N–H and O–H groups in total. The quantitative estimate of drug-likeness (QED) is 0.0222. The summed E-state index contributed by atoms with van der Waals surface area (Å²) < 4.78 is 68.4. The molecule has 0 radical (unpaired) electrons. The van der Waals surface area contributed by atoms with Crippen LogP contribution in [0.5, 0.6) is 0 Å². The van der Waals surface area contributed by atoms with E-state index in [4.69, 9.17) is 37.0 Å². The molecule has 97 heavy (non-hydrogen) atoms. The Balaban J connectivity index is 5.17. The summed E-state index contributed by atoms with van der Waals surface area (Å²) in [6, 6.07) is 0. The molecule has 0 spiro atoms. The monoisotopic (exact) mass is 1420 g/mol. The average molecular weight is 1420 g/mol. The van der Waals surface area contributed by atoms with Gasteiger partial charge >= 0.3 is 39.5 Å². The van der Waals surface area contributed by atoms with Crippen molar-refractivity contribution in [2.24, 2.45) is 23.7 Å². The van der Waals surface area contributed by atoms with E-state index in [0.717, 1.165) is 108 Å². The van der Waals surface area contributed by atoms with Crippen LogP contribution in [0.4, 0.5) is 0 Å². The lowest BCUT2D eigenvalue weighted by Crippen LogP contribution is -2.30. The normalized spacial score (nSPS) is 14.4. The number of aliphatic hydroxyl groups excluding tert-OH is 1. The van der Waals surface area contributed by atoms with E-state index >= 15 is 0 Å². The highest BCUT2D eigenvalue weighted by Gasteiger charge is 2.30. The van der Waals surface area contributed by atoms with Crippen molar-refractivity contribution in [2.45, 2.75) is 414 Å². The third kappa shape index (κ3) is 70.9. The van der Waals surface area contributed by atoms with E-state index in [2.05, 4.69) is 55.4 Å². The van der Waals surface area contributed by atoms with Gasteiger partial charge in [0.05, 0.1) is 26.4 Å². The van der Waals surface area contributed by atoms with E-state index < -0.39 is 97.5 Å². The molecule has 17 nitrogen and oxygen atoms in total. The van der Waals surface area contributed by atoms with E-state index in [-0.39, 0.29) is 25.7 Å². The second kappa shape index (κ2) is 67.2. The Morgan fingerprint density at radius 3 is 0.732 bits per heavy atom. The van der Waals surface area contributed by atoms with Crippen LogP contribution < -0.4 is 0 Å². The molecule has 0 aromatic carbocycles. The Hall–Kier alpha value is -1.94. The lowest BCUT2D eigenvalue weighted by molar-refractivity contribution is -0.161. The number of phosphoric ester groups is 2. The lowest BCUT2D eigenvalue weighted by atomic mass is 9.99. The Labute approximate surface area is 594 Å². The maximum absolute atomic E-state index is 13.1. The largest absolute Gasteiger partial charge is 0.472 e. The minimum atomic E-state index is -4.96. The molecule has 0 aliphatic heterocycles. The van der Waals surface area contributed by atoms with Gasteiger partial charge in [0.25, 0.3) is 0 Å². The van der Waals surface area contributed by atoms with Gasteiger partial charge in [0.1, 0.15) is 19.3 Å². The minimum Gasteiger partial charge on any atom is -0.462 e. The van der Waals surface area contributed by atoms with Gasteiger partial charge in [0, 0.05) is 25.7 Å². The predicted molar refractivity (Wildman–Crippen MR) is 395 cm³/mol. The van der Waals surface area contributed by atoms with Crippen molar-refractivity contribution >= 4 is 39.5 Å². The zero-order chi connectivity index (χ0) is 71.7. The first-order valence-corrected chi connectivity index (χ1v) is 43.2. The van der Waals surface area contributed by atoms with Gasteiger partial charge in [-0.25, -0.2) is 9.13 Å². The second-order valence-corrected chi connectivity index (χ2v) is 32.7. The van der Waals surface area contributed by atoms with Crippen LogP contribution in [0.25, 0.3) is 0 Å². The zero-order valence-corrected chi connectivity index (χ0v) is 65.5. The van der Waals surface area contributed by atoms with Crippen molar-refractivity contribution in [1.82, 2.24) is 0 Å². The van der Waals surface area contributed by atoms with Crippen LogP contribution >= 0.6 is 15.6 Å². The van der Waals surface area contributed by atoms with Crippen LogP contribution in [-0.2, 0) is 65.4 Å². The number of ether oxygens (including phenoxy) is 4. The first-order chi connectivity index (χ1) is 46.6. The summed E-state index contributed by atoms with van der Waals surface area (Å²) in [7, 11) is -9.91. The third-order valence-corrected chi connectivity index (χ3v) is 20.3. The summed E-state index contributed by atoms with van der Waals surface area (Å²) in [5, 5.41) is 10.6. The number of esters is 4. The van der Waals surface area contributed by atoms with Gasteiger partial charge in [-0.1, -0.05) is 344 Å². The van der Waals surface area contributed by atoms with Gasteiger partial charge in [-0.15, -0.1) is 0 Å². The van der Waals surface area contributed by atoms with E-state index in [9.17, 15) is 43.2 Å². The summed E-state index contributed by atoms with van der Waals surface area (Å²) in [5.41, 5.74) is 0. The fraction of sp³-hybridized carbons (Fsp3) is 0.949. The molecular formula is C78H152O17P2. The number of unbranched alkanes of at least 4 members (excludes halogenated alkanes) is 40. The van der Waals surface area contributed by atoms with Gasteiger partial charge < -0.3 is 33.8 Å². The number of rotatable bonds is 75. The third-order valence-electron chi connectivity index (χ3n) is 18.4. The SMILES string of the molecule is CCC(C)CCCCCCCCCCCCCCCCCCCCC(=O)O[C@H](COC(=O)CCCCCCCCCCCCCCCCC(C)C)COP(=O)(O)OC[C@@H](O)COP(=O)(O)OC[C@@H](COC(=O)CCCCCCCCC(C)C)OC(=O)CCCCCCCCC(C)C. The van der Waals surface area contributed by atoms with E-state index in [0.29, 0.717) is 37.5 Å². The molecule has 6 atom stereocenters. The molecule has 0 rings (SSSR count). The fourth-order valence-electron chi connectivity index (χ4n) is 11.9. The highest BCUT2D eigenvalue weighted by molar-refractivity contribution is 7.47. The van der Waals surface area contributed by atoms with Crippen LogP contribution in [0.2, 0.25) is 0 Å². The predicted octanol–water partition coefficient (Wildman–Crippen LogP) is 22.8. The molecule has 0 heterocycles. The summed E-state index contributed by atoms with van der Waals surface area (Å²) in [4.78, 5) is 72.7. The molecule has 0 saturated carbocycles. The molecule has 0 aliphatic carbocycles. The highest BCUT2D eigenvalue weighted by Crippen LogP contribution is 2.45. The van der Waals surface area contributed by atoms with Gasteiger partial charge in [-0.05, 0) is 49.4 Å². The maximum Gasteiger partial charge on any atom is 0.472 e. The zero-order valence-electron chi connectivity index (χ0n) is 63.7. The van der Waals surface area contributed by atoms with Crippen LogP contribution in [0.1, 0.15) is 396 Å². The van der Waals surface area contributed by atoms with E-state index in [1.807, 2.05) is 0 Å². The van der Waals surface area contributed by atoms with Crippen molar-refractivity contribution in [3.63, 3.8) is 0 Å². The van der Waals surface area contributed by atoms with Crippen molar-refractivity contribution in [2.75, 3.05) is 39.6 Å². The second-order valence-electron chi connectivity index (χ2n) is 29.8. The molecule has 3 unspecified atom stereocenters. The van der Waals surface area contributed by atoms with Crippen molar-refractivity contribution in [1.29, 1.82) is 0 Å². The number of aliphatic hydroxyl groups is 1. The summed E-state index contributed by atoms with van der Waals surface area (Å²) in [6.07, 6.45) is 53.2. The lowest BCUT2D eigenvalue weighted by Gasteiger charge is -2.21. The number of carbonyl (C=O) groups excluding carboxylic acids is 4. The molecule has 576 valence electrons. The number of hydrogen-bond donors (Lipinski definition) is 3. The van der Waals surface area contributed by atoms with Crippen LogP contribution in [0, 0.1) is 23.7 Å². The molecule has 0 saturated heterocycles. The molecule has 0 fully saturated rings. The van der Waals surface area contributed by atoms with Crippen LogP contribution in [-0.4, -0.2) is 96.7 Å². The maximum atomic E-state index is 13.1. The van der Waals surface area contributed by atoms with Gasteiger partial charge in [-0.2, -0.15) is 0 Å². The standard InChI is InChI=1S/C78H152O17P2/c1-9-71(8)57-49-41-31-27-23-19-14-12-10-11-13-15-21-25-29-33-44-52-60-77(82)94-73(64-88-75(80)58-50-42-32-28-24-20-17-16-18-22-26-30-38-46-54-68(2)3)66-92-96(84,85)90-62-72(79)63-91-97(86,87)93-67-74(95-78(83)61-53-45-37-35-40-48-56-70(6)7)65-89-76(81)59-51-43-36-34-39-47-55-69(4)5/h68-74,79H,9-67H2,1-8H3,(H,84,85)(H,86,87)/t71?,72-,73-,74-/m1/s1. The molecule has 0 amide bonds. The number of carbonyl (C=O) groups is 4. The first-order valence-electron chi connectivity index (χ1n) is 40.2. The first kappa shape index (κ1) is 95.1. The summed E-state index contributed by atoms with van der Waals surface area (Å²) >= 11 is 0. The van der Waals surface area contributed by atoms with Gasteiger partial charge in [-0.3, -0.25) is 37.3 Å². The Morgan fingerprint density at radius 2 is 0.495 bits per heavy atom. The van der Waals surface area contributed by atoms with Crippen molar-refractivity contribution < 1.29 is 80.2 Å². The highest BCUT2D eigenvalue weighted by atomic mass is 31.2. The Morgan fingerprint density at radius 1 is 0.289 bits per heavy atom.